The Hall–Kier alpha value is -1.54. The second kappa shape index (κ2) is 7.57. The largest absolute Gasteiger partial charge is 0.494 e. The maximum Gasteiger partial charge on any atom is 0.416 e. The maximum atomic E-state index is 12.6. The molecule has 0 fully saturated rings. The molecule has 0 saturated carbocycles. The first kappa shape index (κ1) is 18.8. The number of hydrogen-bond donors (Lipinski definition) is 0. The lowest BCUT2D eigenvalue weighted by atomic mass is 10.2. The lowest BCUT2D eigenvalue weighted by Gasteiger charge is -2.10. The van der Waals surface area contributed by atoms with Gasteiger partial charge in [-0.15, -0.1) is 0 Å². The first-order valence-corrected chi connectivity index (χ1v) is 9.41. The molecule has 0 atom stereocenters. The third-order valence-electron chi connectivity index (χ3n) is 3.16. The van der Waals surface area contributed by atoms with Gasteiger partial charge < -0.3 is 4.74 Å². The van der Waals surface area contributed by atoms with Crippen LogP contribution in [0.2, 0.25) is 0 Å². The van der Waals surface area contributed by atoms with E-state index in [4.69, 9.17) is 4.74 Å². The summed E-state index contributed by atoms with van der Waals surface area (Å²) in [4.78, 5) is 0.199. The van der Waals surface area contributed by atoms with E-state index in [2.05, 4.69) is 15.9 Å². The number of rotatable bonds is 6. The quantitative estimate of drug-likeness (QED) is 0.633. The lowest BCUT2D eigenvalue weighted by Crippen LogP contribution is -2.11. The third kappa shape index (κ3) is 5.24. The van der Waals surface area contributed by atoms with Gasteiger partial charge in [0.25, 0.3) is 0 Å². The molecule has 2 aromatic carbocycles. The molecule has 0 aliphatic rings. The van der Waals surface area contributed by atoms with E-state index < -0.39 is 21.6 Å². The predicted octanol–water partition coefficient (Wildman–Crippen LogP) is 4.71. The van der Waals surface area contributed by atoms with E-state index in [1.165, 1.54) is 24.3 Å². The Kier molecular flexibility index (Phi) is 5.92. The normalized spacial score (nSPS) is 12.2. The molecule has 0 unspecified atom stereocenters. The van der Waals surface area contributed by atoms with Gasteiger partial charge in [0.1, 0.15) is 5.75 Å². The second-order valence-electron chi connectivity index (χ2n) is 5.00. The maximum absolute atomic E-state index is 12.6. The van der Waals surface area contributed by atoms with Crippen LogP contribution < -0.4 is 4.74 Å². The molecule has 0 heterocycles. The molecule has 0 saturated heterocycles. The Morgan fingerprint density at radius 3 is 2.33 bits per heavy atom. The summed E-state index contributed by atoms with van der Waals surface area (Å²) in [6.45, 7) is 0.0110. The van der Waals surface area contributed by atoms with Gasteiger partial charge in [-0.25, -0.2) is 8.42 Å². The highest BCUT2D eigenvalue weighted by Crippen LogP contribution is 2.31. The average Bonchev–Trinajstić information content (AvgIpc) is 2.51. The van der Waals surface area contributed by atoms with Crippen LogP contribution in [0.25, 0.3) is 0 Å². The molecule has 0 bridgehead atoms. The fraction of sp³-hybridized carbons (Fsp3) is 0.250. The van der Waals surface area contributed by atoms with Crippen LogP contribution in [0.15, 0.2) is 57.9 Å². The summed E-state index contributed by atoms with van der Waals surface area (Å²) in [7, 11) is -3.44. The second-order valence-corrected chi connectivity index (χ2v) is 8.03. The van der Waals surface area contributed by atoms with Gasteiger partial charge in [0.15, 0.2) is 9.84 Å². The monoisotopic (exact) mass is 422 g/mol. The van der Waals surface area contributed by atoms with Gasteiger partial charge in [0.05, 0.1) is 22.8 Å². The Labute approximate surface area is 146 Å². The van der Waals surface area contributed by atoms with Gasteiger partial charge in [-0.1, -0.05) is 22.0 Å². The van der Waals surface area contributed by atoms with Gasteiger partial charge in [-0.3, -0.25) is 0 Å². The minimum Gasteiger partial charge on any atom is -0.494 e. The lowest BCUT2D eigenvalue weighted by molar-refractivity contribution is -0.137. The van der Waals surface area contributed by atoms with Crippen LogP contribution in [-0.4, -0.2) is 20.8 Å². The van der Waals surface area contributed by atoms with Gasteiger partial charge in [0, 0.05) is 4.47 Å². The predicted molar refractivity (Wildman–Crippen MR) is 87.8 cm³/mol. The topological polar surface area (TPSA) is 43.4 Å². The zero-order valence-electron chi connectivity index (χ0n) is 12.4. The molecule has 0 spiro atoms. The molecule has 24 heavy (non-hydrogen) atoms. The summed E-state index contributed by atoms with van der Waals surface area (Å²) in [5, 5.41) is 0. The summed E-state index contributed by atoms with van der Waals surface area (Å²) in [6, 6.07) is 10.7. The van der Waals surface area contributed by atoms with E-state index in [-0.39, 0.29) is 29.4 Å². The molecule has 8 heteroatoms. The smallest absolute Gasteiger partial charge is 0.416 e. The van der Waals surface area contributed by atoms with Crippen molar-refractivity contribution >= 4 is 25.8 Å². The van der Waals surface area contributed by atoms with Crippen LogP contribution in [0.3, 0.4) is 0 Å². The minimum absolute atomic E-state index is 0.0110. The molecule has 0 N–H and O–H groups in total. The number of ether oxygens (including phenoxy) is 1. The van der Waals surface area contributed by atoms with E-state index in [1.54, 1.807) is 12.1 Å². The van der Waals surface area contributed by atoms with Crippen molar-refractivity contribution in [2.75, 3.05) is 12.4 Å². The van der Waals surface area contributed by atoms with Crippen LogP contribution in [0.1, 0.15) is 12.0 Å². The van der Waals surface area contributed by atoms with Gasteiger partial charge in [-0.05, 0) is 48.9 Å². The fourth-order valence-corrected chi connectivity index (χ4v) is 3.51. The number of alkyl halides is 3. The SMILES string of the molecule is O=S(=O)(CCCOc1cccc(C(F)(F)F)c1)c1ccc(Br)cc1. The summed E-state index contributed by atoms with van der Waals surface area (Å²) in [6.07, 6.45) is -4.26. The highest BCUT2D eigenvalue weighted by Gasteiger charge is 2.30. The van der Waals surface area contributed by atoms with Crippen molar-refractivity contribution in [1.29, 1.82) is 0 Å². The number of hydrogen-bond acceptors (Lipinski definition) is 3. The Balaban J connectivity index is 1.90. The average molecular weight is 423 g/mol. The zero-order valence-corrected chi connectivity index (χ0v) is 14.8. The van der Waals surface area contributed by atoms with Crippen LogP contribution >= 0.6 is 15.9 Å². The fourth-order valence-electron chi connectivity index (χ4n) is 1.96. The molecule has 3 nitrogen and oxygen atoms in total. The molecular formula is C16H14BrF3O3S. The highest BCUT2D eigenvalue weighted by molar-refractivity contribution is 9.10. The van der Waals surface area contributed by atoms with Crippen molar-refractivity contribution in [3.05, 3.63) is 58.6 Å². The van der Waals surface area contributed by atoms with Crippen LogP contribution in [0.4, 0.5) is 13.2 Å². The Morgan fingerprint density at radius 2 is 1.71 bits per heavy atom. The van der Waals surface area contributed by atoms with Crippen molar-refractivity contribution in [1.82, 2.24) is 0 Å². The van der Waals surface area contributed by atoms with Crippen molar-refractivity contribution in [3.63, 3.8) is 0 Å². The van der Waals surface area contributed by atoms with E-state index in [0.717, 1.165) is 16.6 Å². The molecule has 2 aromatic rings. The molecular weight excluding hydrogens is 409 g/mol. The van der Waals surface area contributed by atoms with Crippen LogP contribution in [0.5, 0.6) is 5.75 Å². The van der Waals surface area contributed by atoms with Crippen molar-refractivity contribution in [2.24, 2.45) is 0 Å². The summed E-state index contributed by atoms with van der Waals surface area (Å²) in [5.41, 5.74) is -0.803. The van der Waals surface area contributed by atoms with Gasteiger partial charge >= 0.3 is 6.18 Å². The van der Waals surface area contributed by atoms with Gasteiger partial charge in [0.2, 0.25) is 0 Å². The Bertz CT molecular complexity index is 787. The summed E-state index contributed by atoms with van der Waals surface area (Å²) >= 11 is 3.23. The molecule has 0 radical (unpaired) electrons. The molecule has 0 aromatic heterocycles. The molecule has 2 rings (SSSR count). The molecule has 0 aliphatic heterocycles. The molecule has 0 amide bonds. The molecule has 0 aliphatic carbocycles. The summed E-state index contributed by atoms with van der Waals surface area (Å²) in [5.74, 6) is -0.0843. The first-order valence-electron chi connectivity index (χ1n) is 6.97. The number of halogens is 4. The van der Waals surface area contributed by atoms with E-state index in [9.17, 15) is 21.6 Å². The third-order valence-corrected chi connectivity index (χ3v) is 5.51. The Morgan fingerprint density at radius 1 is 1.04 bits per heavy atom. The van der Waals surface area contributed by atoms with Crippen molar-refractivity contribution in [2.45, 2.75) is 17.5 Å². The van der Waals surface area contributed by atoms with E-state index in [1.807, 2.05) is 0 Å². The number of benzene rings is 2. The van der Waals surface area contributed by atoms with Crippen LogP contribution in [-0.2, 0) is 16.0 Å². The highest BCUT2D eigenvalue weighted by atomic mass is 79.9. The zero-order chi connectivity index (χ0) is 17.8. The summed E-state index contributed by atoms with van der Waals surface area (Å²) < 4.78 is 68.0. The number of sulfone groups is 1. The van der Waals surface area contributed by atoms with E-state index in [0.29, 0.717) is 0 Å². The van der Waals surface area contributed by atoms with Gasteiger partial charge in [-0.2, -0.15) is 13.2 Å². The van der Waals surface area contributed by atoms with Crippen molar-refractivity contribution < 1.29 is 26.3 Å². The standard InChI is InChI=1S/C16H14BrF3O3S/c17-13-5-7-15(8-6-13)24(21,22)10-2-9-23-14-4-1-3-12(11-14)16(18,19)20/h1,3-8,11H,2,9-10H2. The van der Waals surface area contributed by atoms with Crippen LogP contribution in [0, 0.1) is 0 Å². The van der Waals surface area contributed by atoms with Crippen molar-refractivity contribution in [3.8, 4) is 5.75 Å². The first-order chi connectivity index (χ1) is 11.2. The minimum atomic E-state index is -4.44. The van der Waals surface area contributed by atoms with E-state index >= 15 is 0 Å². The molecule has 130 valence electrons.